The average molecular weight is 428 g/mol. The van der Waals surface area contributed by atoms with Gasteiger partial charge in [0.2, 0.25) is 0 Å². The lowest BCUT2D eigenvalue weighted by molar-refractivity contribution is -0.255. The second-order valence-corrected chi connectivity index (χ2v) is 6.65. The first-order valence-electron chi connectivity index (χ1n) is 8.60. The van der Waals surface area contributed by atoms with Crippen LogP contribution in [-0.2, 0) is 4.79 Å². The molecule has 0 radical (unpaired) electrons. The number of carbonyl (C=O) groups is 2. The molecule has 154 valence electrons. The molecule has 3 aromatic rings. The first-order valence-corrected chi connectivity index (χ1v) is 8.98. The van der Waals surface area contributed by atoms with E-state index < -0.39 is 17.5 Å². The lowest BCUT2D eigenvalue weighted by atomic mass is 10.1. The van der Waals surface area contributed by atoms with Crippen LogP contribution in [0.5, 0.6) is 11.5 Å². The maximum absolute atomic E-state index is 12.9. The van der Waals surface area contributed by atoms with Crippen LogP contribution < -0.4 is 30.7 Å². The highest BCUT2D eigenvalue weighted by Gasteiger charge is 2.10. The van der Waals surface area contributed by atoms with Crippen LogP contribution in [0.1, 0.15) is 22.8 Å². The van der Waals surface area contributed by atoms with E-state index in [9.17, 15) is 19.5 Å². The maximum atomic E-state index is 12.9. The Kier molecular flexibility index (Phi) is 5.79. The van der Waals surface area contributed by atoms with E-state index in [0.29, 0.717) is 16.7 Å². The summed E-state index contributed by atoms with van der Waals surface area (Å²) in [6.45, 7) is 5.11. The van der Waals surface area contributed by atoms with Crippen LogP contribution >= 0.6 is 11.6 Å². The number of aromatic carboxylic acids is 1. The molecule has 0 aliphatic rings. The van der Waals surface area contributed by atoms with Gasteiger partial charge in [-0.1, -0.05) is 24.2 Å². The van der Waals surface area contributed by atoms with E-state index in [4.69, 9.17) is 21.1 Å². The summed E-state index contributed by atoms with van der Waals surface area (Å²) in [6, 6.07) is 8.88. The van der Waals surface area contributed by atoms with Gasteiger partial charge in [-0.15, -0.1) is 0 Å². The quantitative estimate of drug-likeness (QED) is 0.464. The Balaban J connectivity index is 2.11. The smallest absolute Gasteiger partial charge is 0.308 e. The lowest BCUT2D eigenvalue weighted by Gasteiger charge is -2.08. The second kappa shape index (κ2) is 8.30. The minimum absolute atomic E-state index is 0.0000439. The van der Waals surface area contributed by atoms with Gasteiger partial charge in [0.1, 0.15) is 0 Å². The highest BCUT2D eigenvalue weighted by molar-refractivity contribution is 6.33. The summed E-state index contributed by atoms with van der Waals surface area (Å²) in [5.74, 6) is -1.38. The number of esters is 1. The van der Waals surface area contributed by atoms with E-state index in [0.717, 1.165) is 4.68 Å². The molecule has 0 aliphatic heterocycles. The molecule has 1 N–H and O–H groups in total. The monoisotopic (exact) mass is 427 g/mol. The van der Waals surface area contributed by atoms with E-state index >= 15 is 0 Å². The molecule has 0 aliphatic carbocycles. The first-order chi connectivity index (χ1) is 14.2. The van der Waals surface area contributed by atoms with Gasteiger partial charge >= 0.3 is 5.97 Å². The number of aromatic amines is 1. The number of hydrogen-bond acceptors (Lipinski definition) is 6. The first kappa shape index (κ1) is 20.9. The molecular formula is C21H16ClN2O6-. The number of benzene rings is 2. The number of nitrogens with zero attached hydrogens (tertiary/aromatic N) is 1. The van der Waals surface area contributed by atoms with Gasteiger partial charge in [-0.2, -0.15) is 0 Å². The van der Waals surface area contributed by atoms with Crippen LogP contribution in [0.25, 0.3) is 18.3 Å². The fourth-order valence-electron chi connectivity index (χ4n) is 2.81. The topological polar surface area (TPSA) is 113 Å². The number of carboxylic acids is 1. The standard InChI is InChI=1S/C21H17ClN2O6/c1-11-15(8-13-4-7-18(30-12(2)25)19(9-13)29-3)20(26)24(23-11)14-5-6-17(22)16(10-14)21(27)28/h4-10,23H,1H2,2-3H3,(H,27,28)/p-1. The minimum atomic E-state index is -1.46. The number of rotatable bonds is 5. The molecule has 0 bridgehead atoms. The molecule has 0 amide bonds. The number of ether oxygens (including phenoxy) is 2. The zero-order valence-electron chi connectivity index (χ0n) is 16.0. The summed E-state index contributed by atoms with van der Waals surface area (Å²) in [6.07, 6.45) is 1.58. The van der Waals surface area contributed by atoms with Crippen molar-refractivity contribution in [3.8, 4) is 17.2 Å². The summed E-state index contributed by atoms with van der Waals surface area (Å²) in [5.41, 5.74) is 0.172. The third kappa shape index (κ3) is 4.13. The SMILES string of the molecule is C=c1[nH]n(-c2ccc(Cl)c(C(=O)[O-])c2)c(=O)c1=Cc1ccc(OC(C)=O)c(OC)c1. The van der Waals surface area contributed by atoms with Crippen molar-refractivity contribution in [2.45, 2.75) is 6.92 Å². The average Bonchev–Trinajstić information content (AvgIpc) is 2.97. The molecule has 0 saturated heterocycles. The zero-order chi connectivity index (χ0) is 22.0. The molecule has 1 aromatic heterocycles. The van der Waals surface area contributed by atoms with E-state index in [1.165, 1.54) is 32.2 Å². The number of nitrogens with one attached hydrogen (secondary N) is 1. The van der Waals surface area contributed by atoms with E-state index in [1.807, 2.05) is 0 Å². The molecule has 2 aromatic carbocycles. The number of halogens is 1. The van der Waals surface area contributed by atoms with Crippen molar-refractivity contribution in [1.29, 1.82) is 0 Å². The third-order valence-corrected chi connectivity index (χ3v) is 4.52. The summed E-state index contributed by atoms with van der Waals surface area (Å²) in [5, 5.41) is 14.6. The van der Waals surface area contributed by atoms with Crippen LogP contribution in [0.3, 0.4) is 0 Å². The Morgan fingerprint density at radius 2 is 1.93 bits per heavy atom. The Morgan fingerprint density at radius 3 is 2.57 bits per heavy atom. The summed E-state index contributed by atoms with van der Waals surface area (Å²) in [7, 11) is 1.43. The molecule has 0 spiro atoms. The van der Waals surface area contributed by atoms with Crippen molar-refractivity contribution in [3.63, 3.8) is 0 Å². The largest absolute Gasteiger partial charge is 0.545 e. The van der Waals surface area contributed by atoms with Gasteiger partial charge in [0.15, 0.2) is 11.5 Å². The molecule has 0 unspecified atom stereocenters. The molecule has 0 atom stereocenters. The highest BCUT2D eigenvalue weighted by atomic mass is 35.5. The number of H-pyrrole nitrogens is 1. The van der Waals surface area contributed by atoms with Crippen molar-refractivity contribution in [2.75, 3.05) is 7.11 Å². The molecule has 9 heteroatoms. The van der Waals surface area contributed by atoms with Crippen LogP contribution in [0.4, 0.5) is 0 Å². The van der Waals surface area contributed by atoms with Gasteiger partial charge in [0.25, 0.3) is 5.56 Å². The highest BCUT2D eigenvalue weighted by Crippen LogP contribution is 2.28. The molecular weight excluding hydrogens is 412 g/mol. The van der Waals surface area contributed by atoms with Crippen molar-refractivity contribution in [3.05, 3.63) is 73.5 Å². The number of hydrogen-bond donors (Lipinski definition) is 1. The van der Waals surface area contributed by atoms with Crippen LogP contribution in [0.15, 0.2) is 41.2 Å². The summed E-state index contributed by atoms with van der Waals surface area (Å²) >= 11 is 5.85. The molecule has 0 saturated carbocycles. The summed E-state index contributed by atoms with van der Waals surface area (Å²) in [4.78, 5) is 35.3. The molecule has 30 heavy (non-hydrogen) atoms. The maximum Gasteiger partial charge on any atom is 0.308 e. The molecule has 0 fully saturated rings. The van der Waals surface area contributed by atoms with Gasteiger partial charge in [0.05, 0.1) is 29.3 Å². The predicted molar refractivity (Wildman–Crippen MR) is 108 cm³/mol. The number of methoxy groups -OCH3 is 1. The van der Waals surface area contributed by atoms with Gasteiger partial charge in [-0.05, 0) is 42.0 Å². The Hall–Kier alpha value is -3.78. The molecule has 3 rings (SSSR count). The fraction of sp³-hybridized carbons (Fsp3) is 0.0952. The predicted octanol–water partition coefficient (Wildman–Crippen LogP) is 0.355. The molecule has 8 nitrogen and oxygen atoms in total. The normalized spacial score (nSPS) is 11.4. The van der Waals surface area contributed by atoms with Crippen molar-refractivity contribution < 1.29 is 24.2 Å². The van der Waals surface area contributed by atoms with Crippen molar-refractivity contribution in [1.82, 2.24) is 9.78 Å². The zero-order valence-corrected chi connectivity index (χ0v) is 16.8. The Bertz CT molecular complexity index is 1320. The van der Waals surface area contributed by atoms with Crippen LogP contribution in [-0.4, -0.2) is 28.8 Å². The minimum Gasteiger partial charge on any atom is -0.545 e. The van der Waals surface area contributed by atoms with E-state index in [-0.39, 0.29) is 27.2 Å². The second-order valence-electron chi connectivity index (χ2n) is 6.24. The number of aromatic nitrogens is 2. The van der Waals surface area contributed by atoms with E-state index in [1.54, 1.807) is 24.3 Å². The molecule has 1 heterocycles. The number of carboxylic acid groups (broad SMARTS) is 1. The third-order valence-electron chi connectivity index (χ3n) is 4.19. The lowest BCUT2D eigenvalue weighted by Crippen LogP contribution is -2.34. The summed E-state index contributed by atoms with van der Waals surface area (Å²) < 4.78 is 11.4. The van der Waals surface area contributed by atoms with Gasteiger partial charge in [-0.3, -0.25) is 14.7 Å². The van der Waals surface area contributed by atoms with Crippen LogP contribution in [0.2, 0.25) is 5.02 Å². The van der Waals surface area contributed by atoms with Gasteiger partial charge < -0.3 is 19.4 Å². The van der Waals surface area contributed by atoms with Crippen molar-refractivity contribution >= 4 is 36.2 Å². The van der Waals surface area contributed by atoms with E-state index in [2.05, 4.69) is 11.7 Å². The van der Waals surface area contributed by atoms with Gasteiger partial charge in [0, 0.05) is 17.5 Å². The van der Waals surface area contributed by atoms with Crippen LogP contribution in [0, 0.1) is 0 Å². The Labute approximate surface area is 175 Å². The van der Waals surface area contributed by atoms with Gasteiger partial charge in [-0.25, -0.2) is 4.68 Å². The number of carbonyl (C=O) groups excluding carboxylic acids is 2. The van der Waals surface area contributed by atoms with Crippen molar-refractivity contribution in [2.24, 2.45) is 0 Å². The fourth-order valence-corrected chi connectivity index (χ4v) is 3.01. The Morgan fingerprint density at radius 1 is 1.20 bits per heavy atom.